The SMILES string of the molecule is CC[C@H]1CN(C(=O)N2CCC(C(=O)N3CCN(Cc4ccccc4)CC3)CC2)c2ccccc2O1. The average Bonchev–Trinajstić information content (AvgIpc) is 2.92. The molecule has 186 valence electrons. The zero-order chi connectivity index (χ0) is 24.2. The minimum atomic E-state index is 0.00789. The summed E-state index contributed by atoms with van der Waals surface area (Å²) < 4.78 is 6.04. The van der Waals surface area contributed by atoms with Crippen LogP contribution in [-0.4, -0.2) is 78.6 Å². The van der Waals surface area contributed by atoms with Gasteiger partial charge in [-0.3, -0.25) is 14.6 Å². The number of amides is 3. The lowest BCUT2D eigenvalue weighted by Gasteiger charge is -2.41. The zero-order valence-corrected chi connectivity index (χ0v) is 20.6. The van der Waals surface area contributed by atoms with Crippen LogP contribution in [0.5, 0.6) is 5.75 Å². The molecule has 0 saturated carbocycles. The quantitative estimate of drug-likeness (QED) is 0.673. The summed E-state index contributed by atoms with van der Waals surface area (Å²) in [6, 6.07) is 18.3. The van der Waals surface area contributed by atoms with E-state index >= 15 is 0 Å². The molecule has 0 aromatic heterocycles. The minimum absolute atomic E-state index is 0.00789. The Morgan fingerprint density at radius 2 is 1.54 bits per heavy atom. The third kappa shape index (κ3) is 5.30. The maximum atomic E-state index is 13.4. The number of urea groups is 1. The lowest BCUT2D eigenvalue weighted by Crippen LogP contribution is -2.54. The minimum Gasteiger partial charge on any atom is -0.486 e. The molecule has 3 aliphatic rings. The number of fused-ring (bicyclic) bond motifs is 1. The molecule has 0 spiro atoms. The fourth-order valence-electron chi connectivity index (χ4n) is 5.41. The Bertz CT molecular complexity index is 1010. The number of nitrogens with zero attached hydrogens (tertiary/aromatic N) is 4. The van der Waals surface area contributed by atoms with E-state index in [4.69, 9.17) is 4.74 Å². The van der Waals surface area contributed by atoms with Crippen LogP contribution in [0.2, 0.25) is 0 Å². The summed E-state index contributed by atoms with van der Waals surface area (Å²) in [6.45, 7) is 8.23. The highest BCUT2D eigenvalue weighted by molar-refractivity contribution is 5.94. The maximum absolute atomic E-state index is 13.4. The van der Waals surface area contributed by atoms with E-state index in [1.165, 1.54) is 5.56 Å². The summed E-state index contributed by atoms with van der Waals surface area (Å²) in [5, 5.41) is 0. The van der Waals surface area contributed by atoms with E-state index in [0.29, 0.717) is 19.6 Å². The summed E-state index contributed by atoms with van der Waals surface area (Å²) in [7, 11) is 0. The van der Waals surface area contributed by atoms with Crippen LogP contribution < -0.4 is 9.64 Å². The molecule has 0 unspecified atom stereocenters. The Labute approximate surface area is 208 Å². The summed E-state index contributed by atoms with van der Waals surface area (Å²) in [5.74, 6) is 1.05. The molecule has 35 heavy (non-hydrogen) atoms. The van der Waals surface area contributed by atoms with E-state index in [0.717, 1.165) is 63.4 Å². The standard InChI is InChI=1S/C28H36N4O3/c1-2-24-21-32(25-10-6-7-11-26(25)35-24)28(34)31-14-12-23(13-15-31)27(33)30-18-16-29(17-19-30)20-22-8-4-3-5-9-22/h3-11,23-24H,2,12-21H2,1H3/t24-/m0/s1. The molecule has 2 aromatic rings. The monoisotopic (exact) mass is 476 g/mol. The molecule has 2 saturated heterocycles. The lowest BCUT2D eigenvalue weighted by atomic mass is 9.95. The summed E-state index contributed by atoms with van der Waals surface area (Å²) in [4.78, 5) is 34.9. The molecule has 2 aromatic carbocycles. The van der Waals surface area contributed by atoms with Crippen LogP contribution in [0.4, 0.5) is 10.5 Å². The molecule has 5 rings (SSSR count). The topological polar surface area (TPSA) is 56.3 Å². The lowest BCUT2D eigenvalue weighted by molar-refractivity contribution is -0.138. The van der Waals surface area contributed by atoms with Crippen LogP contribution in [0.3, 0.4) is 0 Å². The van der Waals surface area contributed by atoms with E-state index in [1.54, 1.807) is 0 Å². The number of piperazine rings is 1. The van der Waals surface area contributed by atoms with Gasteiger partial charge >= 0.3 is 6.03 Å². The van der Waals surface area contributed by atoms with Crippen LogP contribution in [0.25, 0.3) is 0 Å². The fourth-order valence-corrected chi connectivity index (χ4v) is 5.41. The predicted octanol–water partition coefficient (Wildman–Crippen LogP) is 3.84. The molecule has 7 heteroatoms. The molecular formula is C28H36N4O3. The molecule has 3 heterocycles. The number of anilines is 1. The zero-order valence-electron chi connectivity index (χ0n) is 20.6. The van der Waals surface area contributed by atoms with Crippen molar-refractivity contribution in [1.29, 1.82) is 0 Å². The summed E-state index contributed by atoms with van der Waals surface area (Å²) >= 11 is 0. The van der Waals surface area contributed by atoms with Gasteiger partial charge in [-0.05, 0) is 37.0 Å². The molecule has 0 bridgehead atoms. The molecular weight excluding hydrogens is 440 g/mol. The second-order valence-electron chi connectivity index (χ2n) is 9.86. The summed E-state index contributed by atoms with van der Waals surface area (Å²) in [5.41, 5.74) is 2.16. The van der Waals surface area contributed by atoms with Gasteiger partial charge in [0.25, 0.3) is 0 Å². The van der Waals surface area contributed by atoms with Gasteiger partial charge in [0.2, 0.25) is 5.91 Å². The van der Waals surface area contributed by atoms with Gasteiger partial charge in [-0.15, -0.1) is 0 Å². The number of benzene rings is 2. The number of hydrogen-bond acceptors (Lipinski definition) is 4. The van der Waals surface area contributed by atoms with Gasteiger partial charge in [-0.1, -0.05) is 49.4 Å². The van der Waals surface area contributed by atoms with Crippen molar-refractivity contribution in [2.24, 2.45) is 5.92 Å². The normalized spacial score (nSPS) is 21.4. The van der Waals surface area contributed by atoms with Crippen molar-refractivity contribution in [2.75, 3.05) is 50.7 Å². The smallest absolute Gasteiger partial charge is 0.324 e. The van der Waals surface area contributed by atoms with Crippen molar-refractivity contribution in [3.63, 3.8) is 0 Å². The van der Waals surface area contributed by atoms with Gasteiger partial charge in [-0.2, -0.15) is 0 Å². The molecule has 2 fully saturated rings. The van der Waals surface area contributed by atoms with E-state index in [1.807, 2.05) is 45.0 Å². The Balaban J connectivity index is 1.12. The number of piperidine rings is 1. The van der Waals surface area contributed by atoms with Crippen molar-refractivity contribution in [3.05, 3.63) is 60.2 Å². The van der Waals surface area contributed by atoms with Gasteiger partial charge in [0.1, 0.15) is 11.9 Å². The molecule has 0 aliphatic carbocycles. The first-order valence-corrected chi connectivity index (χ1v) is 13.0. The van der Waals surface area contributed by atoms with Crippen molar-refractivity contribution < 1.29 is 14.3 Å². The van der Waals surface area contributed by atoms with Gasteiger partial charge in [-0.25, -0.2) is 4.79 Å². The molecule has 1 atom stereocenters. The van der Waals surface area contributed by atoms with Crippen LogP contribution in [0, 0.1) is 5.92 Å². The first-order valence-electron chi connectivity index (χ1n) is 13.0. The van der Waals surface area contributed by atoms with Crippen molar-refractivity contribution in [1.82, 2.24) is 14.7 Å². The number of carbonyl (C=O) groups is 2. The van der Waals surface area contributed by atoms with Crippen LogP contribution in [0.15, 0.2) is 54.6 Å². The Morgan fingerprint density at radius 3 is 2.26 bits per heavy atom. The average molecular weight is 477 g/mol. The molecule has 3 aliphatic heterocycles. The highest BCUT2D eigenvalue weighted by atomic mass is 16.5. The van der Waals surface area contributed by atoms with Crippen LogP contribution in [-0.2, 0) is 11.3 Å². The second-order valence-corrected chi connectivity index (χ2v) is 9.86. The molecule has 3 amide bonds. The number of likely N-dealkylation sites (tertiary alicyclic amines) is 1. The maximum Gasteiger partial charge on any atom is 0.324 e. The van der Waals surface area contributed by atoms with Crippen molar-refractivity contribution in [3.8, 4) is 5.75 Å². The van der Waals surface area contributed by atoms with E-state index in [2.05, 4.69) is 36.1 Å². The number of ether oxygens (including phenoxy) is 1. The van der Waals surface area contributed by atoms with Crippen molar-refractivity contribution in [2.45, 2.75) is 38.8 Å². The summed E-state index contributed by atoms with van der Waals surface area (Å²) in [6.07, 6.45) is 2.33. The Hall–Kier alpha value is -3.06. The first kappa shape index (κ1) is 23.7. The largest absolute Gasteiger partial charge is 0.486 e. The Morgan fingerprint density at radius 1 is 0.857 bits per heavy atom. The second kappa shape index (κ2) is 10.7. The van der Waals surface area contributed by atoms with Gasteiger partial charge < -0.3 is 14.5 Å². The number of para-hydroxylation sites is 2. The highest BCUT2D eigenvalue weighted by Crippen LogP contribution is 2.35. The van der Waals surface area contributed by atoms with Crippen LogP contribution in [0.1, 0.15) is 31.7 Å². The van der Waals surface area contributed by atoms with Gasteiger partial charge in [0, 0.05) is 51.7 Å². The third-order valence-electron chi connectivity index (χ3n) is 7.57. The highest BCUT2D eigenvalue weighted by Gasteiger charge is 2.35. The molecule has 0 radical (unpaired) electrons. The van der Waals surface area contributed by atoms with E-state index < -0.39 is 0 Å². The van der Waals surface area contributed by atoms with E-state index in [9.17, 15) is 9.59 Å². The molecule has 0 N–H and O–H groups in total. The fraction of sp³-hybridized carbons (Fsp3) is 0.500. The van der Waals surface area contributed by atoms with Gasteiger partial charge in [0.05, 0.1) is 12.2 Å². The van der Waals surface area contributed by atoms with Crippen LogP contribution >= 0.6 is 0 Å². The third-order valence-corrected chi connectivity index (χ3v) is 7.57. The van der Waals surface area contributed by atoms with Crippen molar-refractivity contribution >= 4 is 17.6 Å². The van der Waals surface area contributed by atoms with E-state index in [-0.39, 0.29) is 24.0 Å². The Kier molecular flexibility index (Phi) is 7.23. The number of hydrogen-bond donors (Lipinski definition) is 0. The number of rotatable bonds is 4. The first-order chi connectivity index (χ1) is 17.1. The van der Waals surface area contributed by atoms with Gasteiger partial charge in [0.15, 0.2) is 0 Å². The predicted molar refractivity (Wildman–Crippen MR) is 136 cm³/mol. The molecule has 7 nitrogen and oxygen atoms in total. The number of carbonyl (C=O) groups excluding carboxylic acids is 2.